The van der Waals surface area contributed by atoms with Crippen LogP contribution in [0.5, 0.6) is 5.75 Å². The molecule has 0 fully saturated rings. The minimum absolute atomic E-state index is 0.175. The van der Waals surface area contributed by atoms with Crippen LogP contribution in [0.2, 0.25) is 0 Å². The number of carbonyl (C=O) groups excluding carboxylic acids is 1. The average molecular weight is 335 g/mol. The molecule has 0 aliphatic heterocycles. The molecule has 0 aliphatic carbocycles. The Morgan fingerprint density at radius 1 is 1.17 bits per heavy atom. The van der Waals surface area contributed by atoms with Gasteiger partial charge in [-0.2, -0.15) is 5.26 Å². The lowest BCUT2D eigenvalue weighted by molar-refractivity contribution is -0.274. The number of esters is 1. The Morgan fingerprint density at radius 2 is 1.88 bits per heavy atom. The maximum absolute atomic E-state index is 12.3. The van der Waals surface area contributed by atoms with Crippen LogP contribution in [0.15, 0.2) is 36.4 Å². The highest BCUT2D eigenvalue weighted by Crippen LogP contribution is 2.30. The van der Waals surface area contributed by atoms with Gasteiger partial charge < -0.3 is 9.47 Å². The molecule has 0 unspecified atom stereocenters. The van der Waals surface area contributed by atoms with E-state index in [0.717, 1.165) is 6.07 Å². The third-order valence-corrected chi connectivity index (χ3v) is 3.33. The van der Waals surface area contributed by atoms with Crippen molar-refractivity contribution in [2.75, 3.05) is 7.11 Å². The van der Waals surface area contributed by atoms with Gasteiger partial charge in [-0.15, -0.1) is 13.2 Å². The zero-order valence-electron chi connectivity index (χ0n) is 12.8. The lowest BCUT2D eigenvalue weighted by Crippen LogP contribution is -2.17. The molecule has 0 saturated carbocycles. The first kappa shape index (κ1) is 17.3. The first-order chi connectivity index (χ1) is 11.2. The van der Waals surface area contributed by atoms with Crippen molar-refractivity contribution in [1.29, 1.82) is 5.26 Å². The van der Waals surface area contributed by atoms with Gasteiger partial charge in [0.1, 0.15) is 5.75 Å². The number of methoxy groups -OCH3 is 1. The Morgan fingerprint density at radius 3 is 2.46 bits per heavy atom. The molecule has 0 atom stereocenters. The second-order valence-electron chi connectivity index (χ2n) is 4.88. The molecule has 0 amide bonds. The Kier molecular flexibility index (Phi) is 4.79. The number of rotatable bonds is 3. The van der Waals surface area contributed by atoms with Crippen LogP contribution in [-0.4, -0.2) is 19.4 Å². The van der Waals surface area contributed by atoms with E-state index in [1.165, 1.54) is 31.4 Å². The van der Waals surface area contributed by atoms with Gasteiger partial charge in [-0.3, -0.25) is 0 Å². The van der Waals surface area contributed by atoms with Crippen LogP contribution < -0.4 is 4.74 Å². The predicted octanol–water partition coefficient (Wildman–Crippen LogP) is 4.22. The quantitative estimate of drug-likeness (QED) is 0.788. The van der Waals surface area contributed by atoms with E-state index < -0.39 is 18.1 Å². The van der Waals surface area contributed by atoms with Crippen molar-refractivity contribution in [2.45, 2.75) is 13.3 Å². The molecule has 0 heterocycles. The van der Waals surface area contributed by atoms with Crippen molar-refractivity contribution < 1.29 is 27.4 Å². The van der Waals surface area contributed by atoms with Crippen LogP contribution >= 0.6 is 0 Å². The SMILES string of the molecule is COC(=O)c1cc(-c2cccc(OC(F)(F)F)c2)cc(C#N)c1C. The van der Waals surface area contributed by atoms with E-state index in [1.807, 2.05) is 6.07 Å². The molecule has 0 aliphatic rings. The van der Waals surface area contributed by atoms with Crippen LogP contribution in [0, 0.1) is 18.3 Å². The largest absolute Gasteiger partial charge is 0.573 e. The Hall–Kier alpha value is -3.01. The molecule has 2 aromatic carbocycles. The lowest BCUT2D eigenvalue weighted by Gasteiger charge is -2.12. The summed E-state index contributed by atoms with van der Waals surface area (Å²) in [5, 5.41) is 9.20. The molecule has 0 saturated heterocycles. The normalized spacial score (nSPS) is 10.8. The molecule has 0 aromatic heterocycles. The fourth-order valence-corrected chi connectivity index (χ4v) is 2.19. The van der Waals surface area contributed by atoms with Crippen LogP contribution in [0.1, 0.15) is 21.5 Å². The maximum Gasteiger partial charge on any atom is 0.573 e. The lowest BCUT2D eigenvalue weighted by atomic mass is 9.95. The molecular formula is C17H12F3NO3. The Balaban J connectivity index is 2.55. The number of nitriles is 1. The van der Waals surface area contributed by atoms with Crippen molar-refractivity contribution in [3.8, 4) is 22.9 Å². The van der Waals surface area contributed by atoms with Crippen molar-refractivity contribution in [1.82, 2.24) is 0 Å². The molecule has 7 heteroatoms. The molecule has 0 bridgehead atoms. The minimum Gasteiger partial charge on any atom is -0.465 e. The second-order valence-corrected chi connectivity index (χ2v) is 4.88. The van der Waals surface area contributed by atoms with Crippen LogP contribution in [0.4, 0.5) is 13.2 Å². The van der Waals surface area contributed by atoms with Gasteiger partial charge in [-0.05, 0) is 47.9 Å². The first-order valence-corrected chi connectivity index (χ1v) is 6.74. The van der Waals surface area contributed by atoms with Gasteiger partial charge in [0.15, 0.2) is 0 Å². The highest BCUT2D eigenvalue weighted by Gasteiger charge is 2.31. The van der Waals surface area contributed by atoms with Gasteiger partial charge in [0.05, 0.1) is 24.3 Å². The third kappa shape index (κ3) is 3.84. The molecule has 0 spiro atoms. The number of benzene rings is 2. The van der Waals surface area contributed by atoms with Crippen LogP contribution in [0.25, 0.3) is 11.1 Å². The van der Waals surface area contributed by atoms with E-state index in [0.29, 0.717) is 16.7 Å². The Labute approximate surface area is 136 Å². The summed E-state index contributed by atoms with van der Waals surface area (Å²) in [6.07, 6.45) is -4.80. The standard InChI is InChI=1S/C17H12F3NO3/c1-10-13(9-21)6-12(8-15(10)16(22)23-2)11-4-3-5-14(7-11)24-17(18,19)20/h3-8H,1-2H3. The van der Waals surface area contributed by atoms with Crippen LogP contribution in [0.3, 0.4) is 0 Å². The van der Waals surface area contributed by atoms with Crippen molar-refractivity contribution >= 4 is 5.97 Å². The van der Waals surface area contributed by atoms with E-state index in [2.05, 4.69) is 9.47 Å². The highest BCUT2D eigenvalue weighted by atomic mass is 19.4. The molecule has 0 radical (unpaired) electrons. The summed E-state index contributed by atoms with van der Waals surface area (Å²) in [5.41, 5.74) is 1.63. The zero-order chi connectivity index (χ0) is 17.9. The smallest absolute Gasteiger partial charge is 0.465 e. The zero-order valence-corrected chi connectivity index (χ0v) is 12.8. The number of ether oxygens (including phenoxy) is 2. The maximum atomic E-state index is 12.3. The number of halogens is 3. The van der Waals surface area contributed by atoms with E-state index in [4.69, 9.17) is 0 Å². The van der Waals surface area contributed by atoms with Gasteiger partial charge in [-0.25, -0.2) is 4.79 Å². The summed E-state index contributed by atoms with van der Waals surface area (Å²) in [4.78, 5) is 11.8. The molecule has 4 nitrogen and oxygen atoms in total. The monoisotopic (exact) mass is 335 g/mol. The fourth-order valence-electron chi connectivity index (χ4n) is 2.19. The molecular weight excluding hydrogens is 323 g/mol. The number of carbonyl (C=O) groups is 1. The first-order valence-electron chi connectivity index (χ1n) is 6.74. The number of hydrogen-bond acceptors (Lipinski definition) is 4. The Bertz CT molecular complexity index is 823. The van der Waals surface area contributed by atoms with Crippen molar-refractivity contribution in [2.24, 2.45) is 0 Å². The molecule has 24 heavy (non-hydrogen) atoms. The minimum atomic E-state index is -4.80. The molecule has 2 aromatic rings. The van der Waals surface area contributed by atoms with Gasteiger partial charge in [0, 0.05) is 0 Å². The fraction of sp³-hybridized carbons (Fsp3) is 0.176. The third-order valence-electron chi connectivity index (χ3n) is 3.33. The van der Waals surface area contributed by atoms with E-state index in [1.54, 1.807) is 13.0 Å². The van der Waals surface area contributed by atoms with Gasteiger partial charge in [0.25, 0.3) is 0 Å². The van der Waals surface area contributed by atoms with Gasteiger partial charge in [0.2, 0.25) is 0 Å². The second kappa shape index (κ2) is 6.62. The van der Waals surface area contributed by atoms with Crippen molar-refractivity contribution in [3.05, 3.63) is 53.1 Å². The average Bonchev–Trinajstić information content (AvgIpc) is 2.53. The molecule has 124 valence electrons. The van der Waals surface area contributed by atoms with Gasteiger partial charge in [-0.1, -0.05) is 12.1 Å². The summed E-state index contributed by atoms with van der Waals surface area (Å²) in [5.74, 6) is -1.02. The summed E-state index contributed by atoms with van der Waals surface area (Å²) >= 11 is 0. The van der Waals surface area contributed by atoms with Crippen molar-refractivity contribution in [3.63, 3.8) is 0 Å². The summed E-state index contributed by atoms with van der Waals surface area (Å²) in [6, 6.07) is 10.2. The van der Waals surface area contributed by atoms with Crippen LogP contribution in [-0.2, 0) is 4.74 Å². The molecule has 0 N–H and O–H groups in total. The highest BCUT2D eigenvalue weighted by molar-refractivity contribution is 5.93. The number of alkyl halides is 3. The van der Waals surface area contributed by atoms with E-state index in [-0.39, 0.29) is 11.1 Å². The number of nitrogens with zero attached hydrogens (tertiary/aromatic N) is 1. The topological polar surface area (TPSA) is 59.3 Å². The molecule has 2 rings (SSSR count). The van der Waals surface area contributed by atoms with Gasteiger partial charge >= 0.3 is 12.3 Å². The van der Waals surface area contributed by atoms with E-state index in [9.17, 15) is 23.2 Å². The van der Waals surface area contributed by atoms with E-state index >= 15 is 0 Å². The summed E-state index contributed by atoms with van der Waals surface area (Å²) in [7, 11) is 1.21. The summed E-state index contributed by atoms with van der Waals surface area (Å²) < 4.78 is 45.6. The predicted molar refractivity (Wildman–Crippen MR) is 79.4 cm³/mol. The number of hydrogen-bond donors (Lipinski definition) is 0. The summed E-state index contributed by atoms with van der Waals surface area (Å²) in [6.45, 7) is 1.60.